The highest BCUT2D eigenvalue weighted by atomic mass is 35.5. The number of rotatable bonds is 3. The van der Waals surface area contributed by atoms with Gasteiger partial charge in [-0.1, -0.05) is 17.7 Å². The SMILES string of the molecule is CN(C)c1ccc(NC2CCc3cc(F)ccc32)cc1Cl. The third-order valence-electron chi connectivity index (χ3n) is 3.95. The second-order valence-electron chi connectivity index (χ2n) is 5.64. The van der Waals surface area contributed by atoms with Crippen LogP contribution in [0.2, 0.25) is 5.02 Å². The van der Waals surface area contributed by atoms with Crippen molar-refractivity contribution in [2.75, 3.05) is 24.3 Å². The van der Waals surface area contributed by atoms with E-state index in [0.29, 0.717) is 0 Å². The molecule has 1 atom stereocenters. The Morgan fingerprint density at radius 1 is 1.19 bits per heavy atom. The summed E-state index contributed by atoms with van der Waals surface area (Å²) in [5, 5.41) is 4.22. The molecule has 0 spiro atoms. The fourth-order valence-electron chi connectivity index (χ4n) is 2.90. The number of benzene rings is 2. The first-order chi connectivity index (χ1) is 10.0. The highest BCUT2D eigenvalue weighted by Gasteiger charge is 2.22. The molecule has 1 N–H and O–H groups in total. The van der Waals surface area contributed by atoms with Crippen molar-refractivity contribution in [1.82, 2.24) is 0 Å². The summed E-state index contributed by atoms with van der Waals surface area (Å²) in [5.41, 5.74) is 4.27. The maximum atomic E-state index is 13.2. The summed E-state index contributed by atoms with van der Waals surface area (Å²) in [6, 6.07) is 11.2. The van der Waals surface area contributed by atoms with Gasteiger partial charge in [-0.3, -0.25) is 0 Å². The van der Waals surface area contributed by atoms with Crippen LogP contribution in [0.25, 0.3) is 0 Å². The van der Waals surface area contributed by atoms with Gasteiger partial charge in [0.25, 0.3) is 0 Å². The predicted molar refractivity (Wildman–Crippen MR) is 86.9 cm³/mol. The summed E-state index contributed by atoms with van der Waals surface area (Å²) in [7, 11) is 3.94. The lowest BCUT2D eigenvalue weighted by Gasteiger charge is -2.19. The van der Waals surface area contributed by atoms with Gasteiger partial charge in [-0.15, -0.1) is 0 Å². The second-order valence-corrected chi connectivity index (χ2v) is 6.05. The number of aryl methyl sites for hydroxylation is 1. The minimum absolute atomic E-state index is 0.159. The van der Waals surface area contributed by atoms with E-state index in [1.54, 1.807) is 6.07 Å². The topological polar surface area (TPSA) is 15.3 Å². The Morgan fingerprint density at radius 3 is 2.71 bits per heavy atom. The molecule has 0 heterocycles. The van der Waals surface area contributed by atoms with E-state index in [1.165, 1.54) is 11.6 Å². The molecule has 0 saturated carbocycles. The molecule has 0 amide bonds. The number of nitrogens with zero attached hydrogens (tertiary/aromatic N) is 1. The highest BCUT2D eigenvalue weighted by molar-refractivity contribution is 6.33. The fraction of sp³-hybridized carbons (Fsp3) is 0.294. The zero-order valence-corrected chi connectivity index (χ0v) is 12.9. The van der Waals surface area contributed by atoms with Gasteiger partial charge >= 0.3 is 0 Å². The van der Waals surface area contributed by atoms with E-state index in [-0.39, 0.29) is 11.9 Å². The molecule has 0 radical (unpaired) electrons. The van der Waals surface area contributed by atoms with Crippen LogP contribution < -0.4 is 10.2 Å². The van der Waals surface area contributed by atoms with Crippen molar-refractivity contribution < 1.29 is 4.39 Å². The number of anilines is 2. The Bertz CT molecular complexity index is 670. The lowest BCUT2D eigenvalue weighted by atomic mass is 10.1. The predicted octanol–water partition coefficient (Wildman–Crippen LogP) is 4.64. The van der Waals surface area contributed by atoms with Crippen molar-refractivity contribution in [3.63, 3.8) is 0 Å². The van der Waals surface area contributed by atoms with Gasteiger partial charge in [-0.2, -0.15) is 0 Å². The van der Waals surface area contributed by atoms with Crippen LogP contribution in [0.5, 0.6) is 0 Å². The molecule has 2 aromatic rings. The molecular weight excluding hydrogens is 287 g/mol. The van der Waals surface area contributed by atoms with Crippen molar-refractivity contribution in [3.8, 4) is 0 Å². The third-order valence-corrected chi connectivity index (χ3v) is 4.26. The lowest BCUT2D eigenvalue weighted by molar-refractivity contribution is 0.626. The van der Waals surface area contributed by atoms with E-state index in [9.17, 15) is 4.39 Å². The van der Waals surface area contributed by atoms with E-state index in [4.69, 9.17) is 11.6 Å². The van der Waals surface area contributed by atoms with Gasteiger partial charge in [0.2, 0.25) is 0 Å². The van der Waals surface area contributed by atoms with Crippen molar-refractivity contribution in [1.29, 1.82) is 0 Å². The number of hydrogen-bond donors (Lipinski definition) is 1. The summed E-state index contributed by atoms with van der Waals surface area (Å²) in [6.45, 7) is 0. The van der Waals surface area contributed by atoms with Crippen molar-refractivity contribution >= 4 is 23.0 Å². The van der Waals surface area contributed by atoms with Gasteiger partial charge in [0, 0.05) is 19.8 Å². The molecule has 0 saturated heterocycles. The Morgan fingerprint density at radius 2 is 2.00 bits per heavy atom. The van der Waals surface area contributed by atoms with Crippen molar-refractivity contribution in [3.05, 3.63) is 58.4 Å². The molecule has 110 valence electrons. The van der Waals surface area contributed by atoms with Crippen LogP contribution in [0.3, 0.4) is 0 Å². The molecule has 0 aliphatic heterocycles. The molecule has 4 heteroatoms. The average molecular weight is 305 g/mol. The van der Waals surface area contributed by atoms with Crippen LogP contribution in [0.15, 0.2) is 36.4 Å². The Hall–Kier alpha value is -1.74. The summed E-state index contributed by atoms with van der Waals surface area (Å²) >= 11 is 6.30. The zero-order chi connectivity index (χ0) is 15.0. The summed E-state index contributed by atoms with van der Waals surface area (Å²) < 4.78 is 13.2. The number of nitrogens with one attached hydrogen (secondary N) is 1. The monoisotopic (exact) mass is 304 g/mol. The second kappa shape index (κ2) is 5.57. The molecule has 1 aliphatic rings. The molecule has 2 nitrogen and oxygen atoms in total. The normalized spacial score (nSPS) is 16.7. The molecule has 0 aromatic heterocycles. The van der Waals surface area contributed by atoms with Gasteiger partial charge < -0.3 is 10.2 Å². The Labute approximate surface area is 129 Å². The summed E-state index contributed by atoms with van der Waals surface area (Å²) in [4.78, 5) is 1.99. The van der Waals surface area contributed by atoms with Crippen molar-refractivity contribution in [2.45, 2.75) is 18.9 Å². The fourth-order valence-corrected chi connectivity index (χ4v) is 3.25. The lowest BCUT2D eigenvalue weighted by Crippen LogP contribution is -2.10. The van der Waals surface area contributed by atoms with Crippen LogP contribution in [0.4, 0.5) is 15.8 Å². The number of fused-ring (bicyclic) bond motifs is 1. The van der Waals surface area contributed by atoms with Crippen LogP contribution in [-0.4, -0.2) is 14.1 Å². The minimum Gasteiger partial charge on any atom is -0.378 e. The van der Waals surface area contributed by atoms with Crippen LogP contribution in [0, 0.1) is 5.82 Å². The van der Waals surface area contributed by atoms with Gasteiger partial charge in [0.15, 0.2) is 0 Å². The molecule has 3 rings (SSSR count). The highest BCUT2D eigenvalue weighted by Crippen LogP contribution is 2.35. The molecule has 2 aromatic carbocycles. The number of hydrogen-bond acceptors (Lipinski definition) is 2. The van der Waals surface area contributed by atoms with Crippen LogP contribution in [-0.2, 0) is 6.42 Å². The van der Waals surface area contributed by atoms with E-state index >= 15 is 0 Å². The molecule has 1 unspecified atom stereocenters. The zero-order valence-electron chi connectivity index (χ0n) is 12.2. The molecular formula is C17H18ClFN2. The van der Waals surface area contributed by atoms with E-state index < -0.39 is 0 Å². The van der Waals surface area contributed by atoms with E-state index in [1.807, 2.05) is 43.3 Å². The first kappa shape index (κ1) is 14.2. The third kappa shape index (κ3) is 2.84. The summed E-state index contributed by atoms with van der Waals surface area (Å²) in [6.07, 6.45) is 1.89. The van der Waals surface area contributed by atoms with Gasteiger partial charge in [-0.25, -0.2) is 4.39 Å². The van der Waals surface area contributed by atoms with E-state index in [0.717, 1.165) is 34.8 Å². The van der Waals surface area contributed by atoms with Crippen molar-refractivity contribution in [2.24, 2.45) is 0 Å². The van der Waals surface area contributed by atoms with E-state index in [2.05, 4.69) is 5.32 Å². The molecule has 0 fully saturated rings. The standard InChI is InChI=1S/C17H18ClFN2/c1-21(2)17-8-5-13(10-15(17)18)20-16-7-3-11-9-12(19)4-6-14(11)16/h4-6,8-10,16,20H,3,7H2,1-2H3. The van der Waals surface area contributed by atoms with Gasteiger partial charge in [0.05, 0.1) is 16.8 Å². The van der Waals surface area contributed by atoms with Gasteiger partial charge in [0.1, 0.15) is 5.82 Å². The summed E-state index contributed by atoms with van der Waals surface area (Å²) in [5.74, 6) is -0.159. The van der Waals surface area contributed by atoms with Gasteiger partial charge in [-0.05, 0) is 54.3 Å². The smallest absolute Gasteiger partial charge is 0.123 e. The quantitative estimate of drug-likeness (QED) is 0.888. The minimum atomic E-state index is -0.159. The Balaban J connectivity index is 1.81. The Kier molecular flexibility index (Phi) is 3.77. The average Bonchev–Trinajstić information content (AvgIpc) is 2.80. The van der Waals surface area contributed by atoms with Crippen LogP contribution in [0.1, 0.15) is 23.6 Å². The first-order valence-corrected chi connectivity index (χ1v) is 7.44. The largest absolute Gasteiger partial charge is 0.378 e. The molecule has 1 aliphatic carbocycles. The molecule has 21 heavy (non-hydrogen) atoms. The number of halogens is 2. The maximum absolute atomic E-state index is 13.2. The molecule has 0 bridgehead atoms. The maximum Gasteiger partial charge on any atom is 0.123 e. The first-order valence-electron chi connectivity index (χ1n) is 7.06. The van der Waals surface area contributed by atoms with Crippen LogP contribution >= 0.6 is 11.6 Å².